The number of rotatable bonds is 6. The molecule has 3 fully saturated rings. The van der Waals surface area contributed by atoms with Crippen molar-refractivity contribution in [1.29, 1.82) is 0 Å². The molecule has 3 nitrogen and oxygen atoms in total. The molecule has 3 aliphatic rings. The summed E-state index contributed by atoms with van der Waals surface area (Å²) in [5.74, 6) is 1.22. The van der Waals surface area contributed by atoms with Gasteiger partial charge in [0.1, 0.15) is 0 Å². The lowest BCUT2D eigenvalue weighted by Crippen LogP contribution is -2.39. The van der Waals surface area contributed by atoms with E-state index in [9.17, 15) is 10.2 Å². The molecule has 2 N–H and O–H groups in total. The van der Waals surface area contributed by atoms with Gasteiger partial charge in [0.15, 0.2) is 0 Å². The van der Waals surface area contributed by atoms with Gasteiger partial charge >= 0.3 is 0 Å². The summed E-state index contributed by atoms with van der Waals surface area (Å²) < 4.78 is 6.20. The van der Waals surface area contributed by atoms with Crippen molar-refractivity contribution in [2.75, 3.05) is 6.61 Å². The molecule has 0 aromatic rings. The van der Waals surface area contributed by atoms with Crippen LogP contribution in [0, 0.1) is 17.3 Å². The van der Waals surface area contributed by atoms with Crippen LogP contribution in [0.4, 0.5) is 0 Å². The third-order valence-corrected chi connectivity index (χ3v) is 7.94. The van der Waals surface area contributed by atoms with Crippen LogP contribution >= 0.6 is 0 Å². The molecule has 0 aromatic heterocycles. The van der Waals surface area contributed by atoms with E-state index in [1.165, 1.54) is 37.7 Å². The van der Waals surface area contributed by atoms with E-state index in [4.69, 9.17) is 4.74 Å². The van der Waals surface area contributed by atoms with Crippen LogP contribution in [0.5, 0.6) is 0 Å². The van der Waals surface area contributed by atoms with Crippen LogP contribution in [0.3, 0.4) is 0 Å². The van der Waals surface area contributed by atoms with E-state index in [2.05, 4.69) is 32.6 Å². The Morgan fingerprint density at radius 3 is 2.69 bits per heavy atom. The number of fused-ring (bicyclic) bond motifs is 1. The predicted molar refractivity (Wildman–Crippen MR) is 120 cm³/mol. The highest BCUT2D eigenvalue weighted by Crippen LogP contribution is 2.58. The summed E-state index contributed by atoms with van der Waals surface area (Å²) in [6.07, 6.45) is 14.3. The summed E-state index contributed by atoms with van der Waals surface area (Å²) in [6.45, 7) is 13.2. The van der Waals surface area contributed by atoms with Gasteiger partial charge in [-0.2, -0.15) is 0 Å². The molecule has 0 saturated heterocycles. The van der Waals surface area contributed by atoms with E-state index in [0.717, 1.165) is 24.8 Å². The predicted octanol–water partition coefficient (Wildman–Crippen LogP) is 5.72. The van der Waals surface area contributed by atoms with Gasteiger partial charge in [-0.1, -0.05) is 31.2 Å². The lowest BCUT2D eigenvalue weighted by molar-refractivity contribution is -0.0454. The molecule has 0 spiro atoms. The number of hydrogen-bond donors (Lipinski definition) is 2. The first-order valence-corrected chi connectivity index (χ1v) is 11.7. The molecule has 3 saturated carbocycles. The average Bonchev–Trinajstić information content (AvgIpc) is 2.99. The second-order valence-corrected chi connectivity index (χ2v) is 10.6. The first-order chi connectivity index (χ1) is 13.6. The molecule has 3 heteroatoms. The van der Waals surface area contributed by atoms with Crippen molar-refractivity contribution in [3.05, 3.63) is 35.5 Å². The monoisotopic (exact) mass is 402 g/mol. The molecule has 0 radical (unpaired) electrons. The van der Waals surface area contributed by atoms with Gasteiger partial charge in [-0.25, -0.2) is 0 Å². The van der Waals surface area contributed by atoms with Gasteiger partial charge in [0.25, 0.3) is 0 Å². The minimum atomic E-state index is -0.660. The first-order valence-electron chi connectivity index (χ1n) is 11.7. The Kier molecular flexibility index (Phi) is 7.13. The van der Waals surface area contributed by atoms with Gasteiger partial charge in [0.05, 0.1) is 17.8 Å². The number of ether oxygens (including phenoxy) is 1. The Balaban J connectivity index is 1.68. The Morgan fingerprint density at radius 1 is 1.21 bits per heavy atom. The smallest absolute Gasteiger partial charge is 0.0787 e. The molecule has 0 aromatic carbocycles. The minimum absolute atomic E-state index is 0.235. The summed E-state index contributed by atoms with van der Waals surface area (Å²) in [4.78, 5) is 0. The SMILES string of the molecule is C=C1/C(=C\C=C2/CCCC3(C)C2CCC3[C@H](C)OCCC(C)(C)O)CCCC1O. The highest BCUT2D eigenvalue weighted by atomic mass is 16.5. The molecule has 4 unspecified atom stereocenters. The van der Waals surface area contributed by atoms with Crippen molar-refractivity contribution < 1.29 is 14.9 Å². The Bertz CT molecular complexity index is 653. The molecule has 29 heavy (non-hydrogen) atoms. The van der Waals surface area contributed by atoms with E-state index in [-0.39, 0.29) is 12.2 Å². The molecular formula is C26H42O3. The van der Waals surface area contributed by atoms with Gasteiger partial charge in [0, 0.05) is 6.61 Å². The maximum atomic E-state index is 10.1. The summed E-state index contributed by atoms with van der Waals surface area (Å²) >= 11 is 0. The second-order valence-electron chi connectivity index (χ2n) is 10.6. The second kappa shape index (κ2) is 9.08. The van der Waals surface area contributed by atoms with Gasteiger partial charge in [-0.3, -0.25) is 0 Å². The van der Waals surface area contributed by atoms with Crippen molar-refractivity contribution in [2.45, 2.75) is 103 Å². The van der Waals surface area contributed by atoms with Crippen molar-refractivity contribution >= 4 is 0 Å². The molecule has 164 valence electrons. The summed E-state index contributed by atoms with van der Waals surface area (Å²) in [7, 11) is 0. The molecular weight excluding hydrogens is 360 g/mol. The standard InChI is InChI=1S/C26H42O3/c1-18-20(8-6-10-24(18)27)11-12-21-9-7-15-26(5)22(13-14-23(21)26)19(2)29-17-16-25(3,4)28/h11-12,19,22-24,27-28H,1,6-10,13-17H2,2-5H3/b20-11-,21-12+/t19-,22?,23?,24?,26?/m0/s1. The minimum Gasteiger partial charge on any atom is -0.390 e. The first kappa shape index (κ1) is 22.8. The number of aliphatic hydroxyl groups is 2. The Labute approximate surface area is 177 Å². The fraction of sp³-hybridized carbons (Fsp3) is 0.769. The number of hydrogen-bond acceptors (Lipinski definition) is 3. The fourth-order valence-electron chi connectivity index (χ4n) is 6.09. The zero-order valence-corrected chi connectivity index (χ0v) is 19.0. The molecule has 5 atom stereocenters. The highest BCUT2D eigenvalue weighted by molar-refractivity contribution is 5.37. The van der Waals surface area contributed by atoms with Crippen LogP contribution in [0.1, 0.15) is 85.5 Å². The lowest BCUT2D eigenvalue weighted by Gasteiger charge is -2.44. The van der Waals surface area contributed by atoms with Crippen LogP contribution in [-0.4, -0.2) is 34.6 Å². The van der Waals surface area contributed by atoms with E-state index in [0.29, 0.717) is 30.3 Å². The molecule has 0 heterocycles. The van der Waals surface area contributed by atoms with Crippen molar-refractivity contribution in [3.8, 4) is 0 Å². The highest BCUT2D eigenvalue weighted by Gasteiger charge is 2.51. The van der Waals surface area contributed by atoms with Crippen LogP contribution in [0.2, 0.25) is 0 Å². The maximum Gasteiger partial charge on any atom is 0.0787 e. The van der Waals surface area contributed by atoms with Crippen LogP contribution in [-0.2, 0) is 4.74 Å². The quantitative estimate of drug-likeness (QED) is 0.597. The van der Waals surface area contributed by atoms with Crippen LogP contribution < -0.4 is 0 Å². The maximum absolute atomic E-state index is 10.1. The third kappa shape index (κ3) is 5.24. The van der Waals surface area contributed by atoms with E-state index >= 15 is 0 Å². The largest absolute Gasteiger partial charge is 0.390 e. The third-order valence-electron chi connectivity index (χ3n) is 7.94. The molecule has 0 aliphatic heterocycles. The van der Waals surface area contributed by atoms with E-state index < -0.39 is 5.60 Å². The number of aliphatic hydroxyl groups excluding tert-OH is 1. The van der Waals surface area contributed by atoms with E-state index in [1.54, 1.807) is 5.57 Å². The topological polar surface area (TPSA) is 49.7 Å². The van der Waals surface area contributed by atoms with Crippen molar-refractivity contribution in [2.24, 2.45) is 17.3 Å². The van der Waals surface area contributed by atoms with Crippen LogP contribution in [0.15, 0.2) is 35.5 Å². The summed E-state index contributed by atoms with van der Waals surface area (Å²) in [6, 6.07) is 0. The zero-order valence-electron chi connectivity index (χ0n) is 19.0. The molecule has 3 rings (SSSR count). The molecule has 3 aliphatic carbocycles. The van der Waals surface area contributed by atoms with Crippen molar-refractivity contribution in [3.63, 3.8) is 0 Å². The Hall–Kier alpha value is -0.900. The van der Waals surface area contributed by atoms with Crippen LogP contribution in [0.25, 0.3) is 0 Å². The zero-order chi connectivity index (χ0) is 21.2. The van der Waals surface area contributed by atoms with Gasteiger partial charge in [0.2, 0.25) is 0 Å². The Morgan fingerprint density at radius 2 is 1.97 bits per heavy atom. The van der Waals surface area contributed by atoms with Gasteiger partial charge in [-0.15, -0.1) is 0 Å². The summed E-state index contributed by atoms with van der Waals surface area (Å²) in [5.41, 5.74) is 3.39. The fourth-order valence-corrected chi connectivity index (χ4v) is 6.09. The molecule has 0 amide bonds. The summed E-state index contributed by atoms with van der Waals surface area (Å²) in [5, 5.41) is 20.1. The normalized spacial score (nSPS) is 37.2. The van der Waals surface area contributed by atoms with E-state index in [1.807, 2.05) is 13.8 Å². The van der Waals surface area contributed by atoms with Crippen molar-refractivity contribution in [1.82, 2.24) is 0 Å². The molecule has 0 bridgehead atoms. The lowest BCUT2D eigenvalue weighted by atomic mass is 9.62. The number of allylic oxidation sites excluding steroid dienone is 3. The average molecular weight is 403 g/mol. The van der Waals surface area contributed by atoms with Gasteiger partial charge < -0.3 is 14.9 Å². The van der Waals surface area contributed by atoms with Gasteiger partial charge in [-0.05, 0) is 107 Å².